The van der Waals surface area contributed by atoms with Crippen LogP contribution in [0.25, 0.3) is 0 Å². The quantitative estimate of drug-likeness (QED) is 0.531. The van der Waals surface area contributed by atoms with Gasteiger partial charge in [-0.1, -0.05) is 5.57 Å². The predicted octanol–water partition coefficient (Wildman–Crippen LogP) is 2.67. The monoisotopic (exact) mass is 251 g/mol. The van der Waals surface area contributed by atoms with Crippen molar-refractivity contribution in [3.8, 4) is 0 Å². The van der Waals surface area contributed by atoms with Crippen LogP contribution in [0.3, 0.4) is 0 Å². The van der Waals surface area contributed by atoms with Crippen LogP contribution in [-0.4, -0.2) is 35.0 Å². The number of fused-ring (bicyclic) bond motifs is 2. The second kappa shape index (κ2) is 4.75. The number of ether oxygens (including phenoxy) is 1. The minimum atomic E-state index is -0.449. The Morgan fingerprint density at radius 2 is 1.83 bits per heavy atom. The molecule has 18 heavy (non-hydrogen) atoms. The summed E-state index contributed by atoms with van der Waals surface area (Å²) in [6.45, 7) is 5.65. The minimum absolute atomic E-state index is 0.208. The first-order valence-electron chi connectivity index (χ1n) is 6.55. The summed E-state index contributed by atoms with van der Waals surface area (Å²) in [6, 6.07) is 0.426. The lowest BCUT2D eigenvalue weighted by atomic mass is 9.97. The molecule has 0 aromatic heterocycles. The number of carbonyl (C=O) groups is 2. The summed E-state index contributed by atoms with van der Waals surface area (Å²) in [7, 11) is 0. The van der Waals surface area contributed by atoms with E-state index in [0.717, 1.165) is 37.5 Å². The number of aldehydes is 1. The van der Waals surface area contributed by atoms with Gasteiger partial charge >= 0.3 is 6.09 Å². The molecule has 2 fully saturated rings. The van der Waals surface area contributed by atoms with Crippen LogP contribution in [-0.2, 0) is 9.53 Å². The molecule has 2 heterocycles. The van der Waals surface area contributed by atoms with E-state index in [9.17, 15) is 9.59 Å². The van der Waals surface area contributed by atoms with Gasteiger partial charge in [-0.05, 0) is 52.5 Å². The first-order chi connectivity index (χ1) is 8.40. The van der Waals surface area contributed by atoms with Crippen molar-refractivity contribution in [2.24, 2.45) is 0 Å². The van der Waals surface area contributed by atoms with Gasteiger partial charge in [0.2, 0.25) is 0 Å². The molecule has 1 amide bonds. The lowest BCUT2D eigenvalue weighted by Gasteiger charge is -2.37. The van der Waals surface area contributed by atoms with Gasteiger partial charge in [0.25, 0.3) is 0 Å². The summed E-state index contributed by atoms with van der Waals surface area (Å²) in [6.07, 6.45) is 5.94. The van der Waals surface area contributed by atoms with Crippen molar-refractivity contribution in [2.75, 3.05) is 0 Å². The van der Waals surface area contributed by atoms with E-state index in [0.29, 0.717) is 0 Å². The molecule has 2 rings (SSSR count). The molecule has 0 aromatic rings. The third-order valence-corrected chi connectivity index (χ3v) is 3.52. The largest absolute Gasteiger partial charge is 0.444 e. The minimum Gasteiger partial charge on any atom is -0.444 e. The van der Waals surface area contributed by atoms with Gasteiger partial charge in [0.15, 0.2) is 0 Å². The van der Waals surface area contributed by atoms with E-state index in [1.54, 1.807) is 6.08 Å². The van der Waals surface area contributed by atoms with E-state index >= 15 is 0 Å². The van der Waals surface area contributed by atoms with E-state index in [2.05, 4.69) is 0 Å². The number of amides is 1. The fourth-order valence-electron chi connectivity index (χ4n) is 2.90. The van der Waals surface area contributed by atoms with Crippen molar-refractivity contribution >= 4 is 12.4 Å². The topological polar surface area (TPSA) is 46.6 Å². The van der Waals surface area contributed by atoms with E-state index in [-0.39, 0.29) is 18.2 Å². The Labute approximate surface area is 108 Å². The summed E-state index contributed by atoms with van der Waals surface area (Å²) >= 11 is 0. The Kier molecular flexibility index (Phi) is 3.46. The van der Waals surface area contributed by atoms with E-state index in [1.807, 2.05) is 25.7 Å². The van der Waals surface area contributed by atoms with E-state index in [4.69, 9.17) is 4.74 Å². The van der Waals surface area contributed by atoms with Crippen LogP contribution in [0.4, 0.5) is 4.79 Å². The fourth-order valence-corrected chi connectivity index (χ4v) is 2.90. The van der Waals surface area contributed by atoms with Gasteiger partial charge in [0, 0.05) is 12.1 Å². The average molecular weight is 251 g/mol. The molecule has 0 radical (unpaired) electrons. The van der Waals surface area contributed by atoms with Crippen molar-refractivity contribution in [3.63, 3.8) is 0 Å². The summed E-state index contributed by atoms with van der Waals surface area (Å²) in [5.74, 6) is 0. The third kappa shape index (κ3) is 2.74. The number of rotatable bonds is 1. The average Bonchev–Trinajstić information content (AvgIpc) is 2.49. The smallest absolute Gasteiger partial charge is 0.410 e. The Morgan fingerprint density at radius 1 is 1.28 bits per heavy atom. The highest BCUT2D eigenvalue weighted by Crippen LogP contribution is 2.38. The van der Waals surface area contributed by atoms with Gasteiger partial charge in [-0.2, -0.15) is 0 Å². The van der Waals surface area contributed by atoms with Crippen molar-refractivity contribution in [2.45, 2.75) is 64.1 Å². The van der Waals surface area contributed by atoms with Crippen LogP contribution in [0.15, 0.2) is 11.6 Å². The Morgan fingerprint density at radius 3 is 2.28 bits per heavy atom. The maximum atomic E-state index is 12.2. The molecule has 2 aliphatic rings. The molecular formula is C14H21NO3. The number of hydrogen-bond acceptors (Lipinski definition) is 3. The zero-order valence-electron chi connectivity index (χ0n) is 11.3. The number of hydrogen-bond donors (Lipinski definition) is 0. The Bertz CT molecular complexity index is 365. The van der Waals surface area contributed by atoms with Gasteiger partial charge in [-0.25, -0.2) is 4.79 Å². The van der Waals surface area contributed by atoms with Crippen LogP contribution in [0.5, 0.6) is 0 Å². The highest BCUT2D eigenvalue weighted by atomic mass is 16.6. The van der Waals surface area contributed by atoms with Crippen LogP contribution in [0, 0.1) is 0 Å². The van der Waals surface area contributed by atoms with Gasteiger partial charge in [0.1, 0.15) is 11.9 Å². The number of nitrogens with zero attached hydrogens (tertiary/aromatic N) is 1. The second-order valence-electron chi connectivity index (χ2n) is 6.14. The molecule has 2 atom stereocenters. The molecule has 0 aliphatic carbocycles. The summed E-state index contributed by atoms with van der Waals surface area (Å²) < 4.78 is 5.45. The zero-order valence-corrected chi connectivity index (χ0v) is 11.3. The van der Waals surface area contributed by atoms with Crippen LogP contribution in [0.2, 0.25) is 0 Å². The summed E-state index contributed by atoms with van der Waals surface area (Å²) in [5.41, 5.74) is 0.715. The number of carbonyl (C=O) groups excluding carboxylic acids is 2. The third-order valence-electron chi connectivity index (χ3n) is 3.52. The van der Waals surface area contributed by atoms with Gasteiger partial charge in [-0.3, -0.25) is 4.79 Å². The summed E-state index contributed by atoms with van der Waals surface area (Å²) in [5, 5.41) is 0. The van der Waals surface area contributed by atoms with Crippen LogP contribution in [0.1, 0.15) is 46.5 Å². The molecule has 2 bridgehead atoms. The van der Waals surface area contributed by atoms with Crippen LogP contribution >= 0.6 is 0 Å². The van der Waals surface area contributed by atoms with Crippen molar-refractivity contribution in [3.05, 3.63) is 11.6 Å². The zero-order chi connectivity index (χ0) is 13.3. The highest BCUT2D eigenvalue weighted by molar-refractivity contribution is 5.71. The molecule has 2 aliphatic heterocycles. The standard InChI is InChI=1S/C14H21NO3/c1-14(2,3)18-13(17)15-11-4-5-12(15)9-10(8-11)6-7-16/h6-7,11-12H,4-5,8-9H2,1-3H3. The fraction of sp³-hybridized carbons (Fsp3) is 0.714. The Balaban J connectivity index is 2.07. The predicted molar refractivity (Wildman–Crippen MR) is 68.3 cm³/mol. The van der Waals surface area contributed by atoms with Gasteiger partial charge < -0.3 is 9.64 Å². The SMILES string of the molecule is CC(C)(C)OC(=O)N1C2CCC1CC(=CC=O)C2. The summed E-state index contributed by atoms with van der Waals surface area (Å²) in [4.78, 5) is 24.6. The first kappa shape index (κ1) is 13.1. The number of allylic oxidation sites excluding steroid dienone is 1. The van der Waals surface area contributed by atoms with Crippen molar-refractivity contribution in [1.82, 2.24) is 4.90 Å². The lowest BCUT2D eigenvalue weighted by molar-refractivity contribution is -0.104. The molecule has 4 heteroatoms. The van der Waals surface area contributed by atoms with Crippen molar-refractivity contribution < 1.29 is 14.3 Å². The van der Waals surface area contributed by atoms with Crippen molar-refractivity contribution in [1.29, 1.82) is 0 Å². The maximum absolute atomic E-state index is 12.2. The van der Waals surface area contributed by atoms with E-state index in [1.165, 1.54) is 0 Å². The normalized spacial score (nSPS) is 27.1. The second-order valence-corrected chi connectivity index (χ2v) is 6.14. The van der Waals surface area contributed by atoms with E-state index < -0.39 is 5.60 Å². The van der Waals surface area contributed by atoms with Gasteiger partial charge in [-0.15, -0.1) is 0 Å². The molecule has 2 unspecified atom stereocenters. The number of piperidine rings is 1. The molecule has 2 saturated heterocycles. The molecule has 100 valence electrons. The molecule has 0 saturated carbocycles. The molecule has 0 spiro atoms. The highest BCUT2D eigenvalue weighted by Gasteiger charge is 2.42. The molecular weight excluding hydrogens is 230 g/mol. The first-order valence-corrected chi connectivity index (χ1v) is 6.55. The van der Waals surface area contributed by atoms with Crippen LogP contribution < -0.4 is 0 Å². The molecule has 4 nitrogen and oxygen atoms in total. The maximum Gasteiger partial charge on any atom is 0.410 e. The lowest BCUT2D eigenvalue weighted by Crippen LogP contribution is -2.47. The molecule has 0 N–H and O–H groups in total. The van der Waals surface area contributed by atoms with Gasteiger partial charge in [0.05, 0.1) is 0 Å². The molecule has 0 aromatic carbocycles. The Hall–Kier alpha value is -1.32.